The molecule has 0 bridgehead atoms. The predicted octanol–water partition coefficient (Wildman–Crippen LogP) is 3.05. The van der Waals surface area contributed by atoms with Gasteiger partial charge in [-0.1, -0.05) is 13.0 Å². The van der Waals surface area contributed by atoms with Gasteiger partial charge in [0.25, 0.3) is 0 Å². The van der Waals surface area contributed by atoms with E-state index in [9.17, 15) is 0 Å². The van der Waals surface area contributed by atoms with Gasteiger partial charge in [-0.3, -0.25) is 0 Å². The molecule has 0 aliphatic heterocycles. The van der Waals surface area contributed by atoms with Gasteiger partial charge in [-0.25, -0.2) is 4.98 Å². The molecule has 0 spiro atoms. The third kappa shape index (κ3) is 2.76. The molecular weight excluding hydrogens is 278 g/mol. The van der Waals surface area contributed by atoms with E-state index in [0.29, 0.717) is 0 Å². The van der Waals surface area contributed by atoms with Crippen LogP contribution in [0.15, 0.2) is 35.1 Å². The molecule has 0 aliphatic rings. The molecule has 1 heterocycles. The minimum absolute atomic E-state index is 0.901. The van der Waals surface area contributed by atoms with Gasteiger partial charge in [0.05, 0.1) is 5.69 Å². The van der Waals surface area contributed by atoms with Crippen LogP contribution < -0.4 is 5.32 Å². The zero-order valence-electron chi connectivity index (χ0n) is 10.1. The molecule has 0 aliphatic carbocycles. The number of nitrogens with zero attached hydrogens (tertiary/aromatic N) is 2. The van der Waals surface area contributed by atoms with Crippen LogP contribution in [0.2, 0.25) is 0 Å². The summed E-state index contributed by atoms with van der Waals surface area (Å²) in [5.74, 6) is 0.991. The molecule has 4 heteroatoms. The Labute approximate surface area is 110 Å². The zero-order valence-corrected chi connectivity index (χ0v) is 11.7. The quantitative estimate of drug-likeness (QED) is 0.939. The average molecular weight is 294 g/mol. The topological polar surface area (TPSA) is 29.9 Å². The van der Waals surface area contributed by atoms with Crippen LogP contribution in [-0.4, -0.2) is 16.1 Å². The lowest BCUT2D eigenvalue weighted by Gasteiger charge is -2.10. The van der Waals surface area contributed by atoms with E-state index in [1.165, 1.54) is 5.56 Å². The third-order valence-corrected chi connectivity index (χ3v) is 3.31. The molecular formula is C13H16BrN3. The summed E-state index contributed by atoms with van der Waals surface area (Å²) in [6.07, 6.45) is 3.79. The number of imidazole rings is 1. The Morgan fingerprint density at radius 2 is 2.24 bits per heavy atom. The van der Waals surface area contributed by atoms with Gasteiger partial charge in [-0.15, -0.1) is 0 Å². The molecule has 0 saturated carbocycles. The molecule has 0 unspecified atom stereocenters. The molecule has 17 heavy (non-hydrogen) atoms. The molecule has 90 valence electrons. The Kier molecular flexibility index (Phi) is 3.97. The number of rotatable bonds is 4. The lowest BCUT2D eigenvalue weighted by atomic mass is 10.2. The van der Waals surface area contributed by atoms with Crippen LogP contribution in [-0.2, 0) is 6.54 Å². The minimum Gasteiger partial charge on any atom is -0.313 e. The predicted molar refractivity (Wildman–Crippen MR) is 73.4 cm³/mol. The van der Waals surface area contributed by atoms with E-state index in [0.717, 1.165) is 29.1 Å². The fraction of sp³-hybridized carbons (Fsp3) is 0.308. The number of aromatic nitrogens is 2. The number of aryl methyl sites for hydroxylation is 1. The standard InChI is InChI=1S/C13H16BrN3/c1-3-15-9-11-4-5-13(12(14)8-11)17-7-6-16-10(17)2/h4-8,15H,3,9H2,1-2H3. The van der Waals surface area contributed by atoms with Gasteiger partial charge in [-0.2, -0.15) is 0 Å². The van der Waals surface area contributed by atoms with Crippen molar-refractivity contribution in [2.75, 3.05) is 6.54 Å². The number of nitrogens with one attached hydrogen (secondary N) is 1. The van der Waals surface area contributed by atoms with Crippen molar-refractivity contribution in [1.29, 1.82) is 0 Å². The van der Waals surface area contributed by atoms with Gasteiger partial charge in [0, 0.05) is 23.4 Å². The normalized spacial score (nSPS) is 10.8. The smallest absolute Gasteiger partial charge is 0.110 e. The summed E-state index contributed by atoms with van der Waals surface area (Å²) >= 11 is 3.62. The van der Waals surface area contributed by atoms with Crippen molar-refractivity contribution in [2.45, 2.75) is 20.4 Å². The maximum Gasteiger partial charge on any atom is 0.110 e. The lowest BCUT2D eigenvalue weighted by Crippen LogP contribution is -2.11. The fourth-order valence-corrected chi connectivity index (χ4v) is 2.37. The second-order valence-electron chi connectivity index (χ2n) is 3.91. The summed E-state index contributed by atoms with van der Waals surface area (Å²) < 4.78 is 3.16. The summed E-state index contributed by atoms with van der Waals surface area (Å²) in [6.45, 7) is 6.00. The lowest BCUT2D eigenvalue weighted by molar-refractivity contribution is 0.726. The van der Waals surface area contributed by atoms with E-state index in [2.05, 4.69) is 55.9 Å². The monoisotopic (exact) mass is 293 g/mol. The maximum absolute atomic E-state index is 4.24. The number of hydrogen-bond donors (Lipinski definition) is 1. The van der Waals surface area contributed by atoms with Crippen LogP contribution in [0.3, 0.4) is 0 Å². The van der Waals surface area contributed by atoms with Gasteiger partial charge < -0.3 is 9.88 Å². The molecule has 0 saturated heterocycles. The fourth-order valence-electron chi connectivity index (χ4n) is 1.76. The minimum atomic E-state index is 0.901. The van der Waals surface area contributed by atoms with Gasteiger partial charge in [0.15, 0.2) is 0 Å². The number of benzene rings is 1. The molecule has 0 amide bonds. The molecule has 0 fully saturated rings. The summed E-state index contributed by atoms with van der Waals surface area (Å²) in [5, 5.41) is 3.32. The Morgan fingerprint density at radius 3 is 2.82 bits per heavy atom. The second-order valence-corrected chi connectivity index (χ2v) is 4.76. The highest BCUT2D eigenvalue weighted by Crippen LogP contribution is 2.23. The van der Waals surface area contributed by atoms with Gasteiger partial charge in [-0.05, 0) is 47.1 Å². The summed E-state index contributed by atoms with van der Waals surface area (Å²) in [7, 11) is 0. The van der Waals surface area contributed by atoms with E-state index in [4.69, 9.17) is 0 Å². The van der Waals surface area contributed by atoms with E-state index in [1.807, 2.05) is 19.3 Å². The van der Waals surface area contributed by atoms with Crippen LogP contribution in [0.4, 0.5) is 0 Å². The average Bonchev–Trinajstić information content (AvgIpc) is 2.73. The molecule has 2 rings (SSSR count). The molecule has 1 aromatic carbocycles. The maximum atomic E-state index is 4.24. The van der Waals surface area contributed by atoms with Gasteiger partial charge in [0.1, 0.15) is 5.82 Å². The molecule has 3 nitrogen and oxygen atoms in total. The molecule has 2 aromatic rings. The van der Waals surface area contributed by atoms with Crippen molar-refractivity contribution in [3.63, 3.8) is 0 Å². The molecule has 1 N–H and O–H groups in total. The highest BCUT2D eigenvalue weighted by Gasteiger charge is 2.05. The first-order valence-corrected chi connectivity index (χ1v) is 6.51. The van der Waals surface area contributed by atoms with Crippen molar-refractivity contribution in [3.8, 4) is 5.69 Å². The molecule has 0 radical (unpaired) electrons. The Bertz CT molecular complexity index is 505. The Balaban J connectivity index is 2.29. The van der Waals surface area contributed by atoms with E-state index in [-0.39, 0.29) is 0 Å². The van der Waals surface area contributed by atoms with Crippen molar-refractivity contribution in [1.82, 2.24) is 14.9 Å². The SMILES string of the molecule is CCNCc1ccc(-n2ccnc2C)c(Br)c1. The Hall–Kier alpha value is -1.13. The summed E-state index contributed by atoms with van der Waals surface area (Å²) in [6, 6.07) is 6.41. The van der Waals surface area contributed by atoms with Crippen molar-refractivity contribution >= 4 is 15.9 Å². The van der Waals surface area contributed by atoms with Crippen LogP contribution >= 0.6 is 15.9 Å². The highest BCUT2D eigenvalue weighted by molar-refractivity contribution is 9.10. The van der Waals surface area contributed by atoms with E-state index < -0.39 is 0 Å². The number of hydrogen-bond acceptors (Lipinski definition) is 2. The molecule has 0 atom stereocenters. The van der Waals surface area contributed by atoms with Gasteiger partial charge >= 0.3 is 0 Å². The van der Waals surface area contributed by atoms with Crippen molar-refractivity contribution in [2.24, 2.45) is 0 Å². The van der Waals surface area contributed by atoms with E-state index >= 15 is 0 Å². The summed E-state index contributed by atoms with van der Waals surface area (Å²) in [4.78, 5) is 4.24. The number of halogens is 1. The van der Waals surface area contributed by atoms with Crippen molar-refractivity contribution < 1.29 is 0 Å². The van der Waals surface area contributed by atoms with Crippen LogP contribution in [0.25, 0.3) is 5.69 Å². The first-order valence-electron chi connectivity index (χ1n) is 5.72. The van der Waals surface area contributed by atoms with Crippen molar-refractivity contribution in [3.05, 3.63) is 46.5 Å². The summed E-state index contributed by atoms with van der Waals surface area (Å²) in [5.41, 5.74) is 2.40. The second kappa shape index (κ2) is 5.47. The van der Waals surface area contributed by atoms with Crippen LogP contribution in [0.5, 0.6) is 0 Å². The first kappa shape index (κ1) is 12.3. The molecule has 1 aromatic heterocycles. The largest absolute Gasteiger partial charge is 0.313 e. The highest BCUT2D eigenvalue weighted by atomic mass is 79.9. The van der Waals surface area contributed by atoms with Crippen LogP contribution in [0, 0.1) is 6.92 Å². The van der Waals surface area contributed by atoms with Gasteiger partial charge in [0.2, 0.25) is 0 Å². The first-order chi connectivity index (χ1) is 8.22. The Morgan fingerprint density at radius 1 is 1.41 bits per heavy atom. The third-order valence-electron chi connectivity index (χ3n) is 2.68. The van der Waals surface area contributed by atoms with E-state index in [1.54, 1.807) is 0 Å². The van der Waals surface area contributed by atoms with Crippen LogP contribution in [0.1, 0.15) is 18.3 Å². The zero-order chi connectivity index (χ0) is 12.3.